The zero-order chi connectivity index (χ0) is 17.2. The van der Waals surface area contributed by atoms with Crippen molar-refractivity contribution in [3.63, 3.8) is 0 Å². The zero-order valence-corrected chi connectivity index (χ0v) is 14.3. The fourth-order valence-corrected chi connectivity index (χ4v) is 3.78. The Morgan fingerprint density at radius 1 is 1.20 bits per heavy atom. The second-order valence-electron chi connectivity index (χ2n) is 5.50. The summed E-state index contributed by atoms with van der Waals surface area (Å²) < 4.78 is 19.5. The molecule has 0 saturated heterocycles. The molecule has 0 unspecified atom stereocenters. The first-order valence-corrected chi connectivity index (χ1v) is 8.62. The van der Waals surface area contributed by atoms with E-state index in [4.69, 9.17) is 4.74 Å². The van der Waals surface area contributed by atoms with Crippen molar-refractivity contribution in [3.05, 3.63) is 54.2 Å². The predicted octanol–water partition coefficient (Wildman–Crippen LogP) is 4.04. The Hall–Kier alpha value is -2.80. The lowest BCUT2D eigenvalue weighted by atomic mass is 10.1. The number of hydrogen-bond acceptors (Lipinski definition) is 6. The molecule has 0 amide bonds. The topological polar surface area (TPSA) is 59.9 Å². The molecule has 0 spiro atoms. The molecule has 0 aliphatic rings. The van der Waals surface area contributed by atoms with Crippen LogP contribution in [0.25, 0.3) is 20.4 Å². The number of anilines is 1. The van der Waals surface area contributed by atoms with Gasteiger partial charge in [0, 0.05) is 18.1 Å². The monoisotopic (exact) mass is 354 g/mol. The first-order chi connectivity index (χ1) is 12.3. The number of thiophene rings is 1. The molecule has 0 radical (unpaired) electrons. The number of halogens is 1. The summed E-state index contributed by atoms with van der Waals surface area (Å²) in [6, 6.07) is 8.83. The van der Waals surface area contributed by atoms with Crippen LogP contribution >= 0.6 is 11.3 Å². The van der Waals surface area contributed by atoms with Crippen molar-refractivity contribution in [2.75, 3.05) is 19.0 Å². The average Bonchev–Trinajstić information content (AvgIpc) is 3.03. The Kier molecular flexibility index (Phi) is 4.15. The Morgan fingerprint density at radius 2 is 2.12 bits per heavy atom. The third-order valence-corrected chi connectivity index (χ3v) is 5.06. The summed E-state index contributed by atoms with van der Waals surface area (Å²) in [5.41, 5.74) is 1.91. The lowest BCUT2D eigenvalue weighted by molar-refractivity contribution is 0.386. The van der Waals surface area contributed by atoms with E-state index >= 15 is 0 Å². The maximum Gasteiger partial charge on any atom is 0.165 e. The summed E-state index contributed by atoms with van der Waals surface area (Å²) in [4.78, 5) is 14.1. The van der Waals surface area contributed by atoms with E-state index in [9.17, 15) is 4.39 Å². The van der Waals surface area contributed by atoms with Crippen molar-refractivity contribution in [2.24, 2.45) is 0 Å². The molecule has 0 aliphatic heterocycles. The SMILES string of the molecule is COc1cc(CCNc2ncnc3c2sc2ncccc23)ccc1F. The number of nitrogens with zero attached hydrogens (tertiary/aromatic N) is 3. The van der Waals surface area contributed by atoms with Gasteiger partial charge >= 0.3 is 0 Å². The van der Waals surface area contributed by atoms with Gasteiger partial charge in [-0.3, -0.25) is 0 Å². The summed E-state index contributed by atoms with van der Waals surface area (Å²) in [7, 11) is 1.47. The Balaban J connectivity index is 1.55. The number of aromatic nitrogens is 3. The van der Waals surface area contributed by atoms with Gasteiger partial charge in [-0.15, -0.1) is 11.3 Å². The molecule has 0 aliphatic carbocycles. The summed E-state index contributed by atoms with van der Waals surface area (Å²) in [5, 5.41) is 4.38. The lowest BCUT2D eigenvalue weighted by Gasteiger charge is -2.08. The number of pyridine rings is 1. The van der Waals surface area contributed by atoms with Crippen molar-refractivity contribution in [1.82, 2.24) is 15.0 Å². The summed E-state index contributed by atoms with van der Waals surface area (Å²) in [6.07, 6.45) is 4.07. The van der Waals surface area contributed by atoms with Crippen LogP contribution in [0.2, 0.25) is 0 Å². The van der Waals surface area contributed by atoms with Gasteiger partial charge in [-0.25, -0.2) is 19.3 Å². The van der Waals surface area contributed by atoms with Crippen molar-refractivity contribution in [1.29, 1.82) is 0 Å². The van der Waals surface area contributed by atoms with Gasteiger partial charge in [0.25, 0.3) is 0 Å². The summed E-state index contributed by atoms with van der Waals surface area (Å²) in [5.74, 6) is 0.703. The fraction of sp³-hybridized carbons (Fsp3) is 0.167. The van der Waals surface area contributed by atoms with E-state index in [1.165, 1.54) is 13.2 Å². The Bertz CT molecular complexity index is 1050. The molecule has 25 heavy (non-hydrogen) atoms. The lowest BCUT2D eigenvalue weighted by Crippen LogP contribution is -2.07. The molecule has 0 atom stereocenters. The highest BCUT2D eigenvalue weighted by molar-refractivity contribution is 7.25. The maximum absolute atomic E-state index is 13.5. The van der Waals surface area contributed by atoms with Gasteiger partial charge in [0.1, 0.15) is 17.0 Å². The molecule has 5 nitrogen and oxygen atoms in total. The summed E-state index contributed by atoms with van der Waals surface area (Å²) in [6.45, 7) is 0.669. The van der Waals surface area contributed by atoms with Gasteiger partial charge in [-0.2, -0.15) is 0 Å². The van der Waals surface area contributed by atoms with Crippen LogP contribution in [0.15, 0.2) is 42.9 Å². The Morgan fingerprint density at radius 3 is 3.00 bits per heavy atom. The molecule has 7 heteroatoms. The number of rotatable bonds is 5. The fourth-order valence-electron chi connectivity index (χ4n) is 2.72. The zero-order valence-electron chi connectivity index (χ0n) is 13.5. The van der Waals surface area contributed by atoms with Gasteiger partial charge in [0.2, 0.25) is 0 Å². The second-order valence-corrected chi connectivity index (χ2v) is 6.50. The normalized spacial score (nSPS) is 11.1. The minimum Gasteiger partial charge on any atom is -0.494 e. The Labute approximate surface area is 147 Å². The highest BCUT2D eigenvalue weighted by Crippen LogP contribution is 2.34. The van der Waals surface area contributed by atoms with Crippen LogP contribution in [0.3, 0.4) is 0 Å². The smallest absolute Gasteiger partial charge is 0.165 e. The molecule has 0 saturated carbocycles. The molecule has 4 aromatic rings. The van der Waals surface area contributed by atoms with Crippen molar-refractivity contribution < 1.29 is 9.13 Å². The van der Waals surface area contributed by atoms with Gasteiger partial charge in [-0.05, 0) is 36.2 Å². The number of benzene rings is 1. The number of fused-ring (bicyclic) bond motifs is 3. The minimum atomic E-state index is -0.352. The van der Waals surface area contributed by atoms with Gasteiger partial charge in [0.15, 0.2) is 11.6 Å². The molecule has 1 N–H and O–H groups in total. The van der Waals surface area contributed by atoms with E-state index in [-0.39, 0.29) is 11.6 Å². The second kappa shape index (κ2) is 6.60. The third kappa shape index (κ3) is 2.98. The highest BCUT2D eigenvalue weighted by atomic mass is 32.1. The highest BCUT2D eigenvalue weighted by Gasteiger charge is 2.11. The molecule has 0 fully saturated rings. The van der Waals surface area contributed by atoms with Crippen LogP contribution in [0.1, 0.15) is 5.56 Å². The quantitative estimate of drug-likeness (QED) is 0.586. The summed E-state index contributed by atoms with van der Waals surface area (Å²) >= 11 is 1.57. The number of nitrogens with one attached hydrogen (secondary N) is 1. The van der Waals surface area contributed by atoms with E-state index in [2.05, 4.69) is 20.3 Å². The molecule has 0 bridgehead atoms. The van der Waals surface area contributed by atoms with Crippen LogP contribution in [0, 0.1) is 5.82 Å². The molecule has 3 aromatic heterocycles. The molecular weight excluding hydrogens is 339 g/mol. The van der Waals surface area contributed by atoms with E-state index in [0.29, 0.717) is 6.54 Å². The third-order valence-electron chi connectivity index (χ3n) is 3.95. The van der Waals surface area contributed by atoms with Crippen LogP contribution in [-0.4, -0.2) is 28.6 Å². The molecule has 3 heterocycles. The molecule has 126 valence electrons. The molecular formula is C18H15FN4OS. The van der Waals surface area contributed by atoms with Crippen LogP contribution in [0.4, 0.5) is 10.2 Å². The van der Waals surface area contributed by atoms with Crippen molar-refractivity contribution >= 4 is 37.6 Å². The first-order valence-electron chi connectivity index (χ1n) is 7.81. The number of ether oxygens (including phenoxy) is 1. The van der Waals surface area contributed by atoms with E-state index in [0.717, 1.165) is 38.2 Å². The van der Waals surface area contributed by atoms with E-state index in [1.54, 1.807) is 36.0 Å². The van der Waals surface area contributed by atoms with Crippen molar-refractivity contribution in [2.45, 2.75) is 6.42 Å². The van der Waals surface area contributed by atoms with E-state index < -0.39 is 0 Å². The van der Waals surface area contributed by atoms with Gasteiger partial charge in [0.05, 0.1) is 17.3 Å². The first kappa shape index (κ1) is 15.7. The minimum absolute atomic E-state index is 0.262. The van der Waals surface area contributed by atoms with Crippen LogP contribution in [-0.2, 0) is 6.42 Å². The van der Waals surface area contributed by atoms with Gasteiger partial charge in [-0.1, -0.05) is 6.07 Å². The van der Waals surface area contributed by atoms with Crippen molar-refractivity contribution in [3.8, 4) is 5.75 Å². The standard InChI is InChI=1S/C18H15FN4OS/c1-24-14-9-11(4-5-13(14)19)6-8-20-17-16-15(22-10-23-17)12-3-2-7-21-18(12)25-16/h2-5,7,9-10H,6,8H2,1H3,(H,20,22,23). The largest absolute Gasteiger partial charge is 0.494 e. The van der Waals surface area contributed by atoms with Crippen LogP contribution < -0.4 is 10.1 Å². The number of hydrogen-bond donors (Lipinski definition) is 1. The number of methoxy groups -OCH3 is 1. The molecule has 1 aromatic carbocycles. The van der Waals surface area contributed by atoms with E-state index in [1.807, 2.05) is 12.1 Å². The average molecular weight is 354 g/mol. The predicted molar refractivity (Wildman–Crippen MR) is 97.9 cm³/mol. The van der Waals surface area contributed by atoms with Crippen LogP contribution in [0.5, 0.6) is 5.75 Å². The van der Waals surface area contributed by atoms with Gasteiger partial charge < -0.3 is 10.1 Å². The maximum atomic E-state index is 13.5. The molecule has 4 rings (SSSR count).